The number of nitrogens with one attached hydrogen (secondary N) is 1. The molecule has 5 rings (SSSR count). The number of aliphatic imine (C=N–C) groups is 1. The first kappa shape index (κ1) is 20.3. The summed E-state index contributed by atoms with van der Waals surface area (Å²) in [5.41, 5.74) is 6.60. The number of fused-ring (bicyclic) bond motifs is 1. The Balaban J connectivity index is 1.60. The summed E-state index contributed by atoms with van der Waals surface area (Å²) >= 11 is 1.60. The fourth-order valence-corrected chi connectivity index (χ4v) is 5.05. The molecule has 0 aliphatic carbocycles. The van der Waals surface area contributed by atoms with Crippen molar-refractivity contribution in [3.63, 3.8) is 0 Å². The van der Waals surface area contributed by atoms with E-state index in [4.69, 9.17) is 4.99 Å². The fraction of sp³-hybridized carbons (Fsp3) is 0.111. The molecule has 3 aromatic rings. The molecule has 0 saturated carbocycles. The predicted molar refractivity (Wildman–Crippen MR) is 133 cm³/mol. The Kier molecular flexibility index (Phi) is 5.41. The molecule has 0 fully saturated rings. The molecule has 158 valence electrons. The summed E-state index contributed by atoms with van der Waals surface area (Å²) in [6.45, 7) is 4.00. The van der Waals surface area contributed by atoms with Crippen LogP contribution in [0.25, 0.3) is 5.70 Å². The number of allylic oxidation sites excluding steroid dienone is 1. The van der Waals surface area contributed by atoms with Crippen molar-refractivity contribution in [1.82, 2.24) is 4.90 Å². The highest BCUT2D eigenvalue weighted by atomic mass is 32.2. The summed E-state index contributed by atoms with van der Waals surface area (Å²) in [5, 5.41) is 6.09. The van der Waals surface area contributed by atoms with Gasteiger partial charge in [-0.05, 0) is 37.1 Å². The molecule has 2 heterocycles. The van der Waals surface area contributed by atoms with E-state index in [0.717, 1.165) is 33.4 Å². The smallest absolute Gasteiger partial charge is 0.255 e. The van der Waals surface area contributed by atoms with Crippen molar-refractivity contribution >= 4 is 34.2 Å². The van der Waals surface area contributed by atoms with Crippen LogP contribution in [0, 0.1) is 6.92 Å². The van der Waals surface area contributed by atoms with E-state index < -0.39 is 0 Å². The minimum Gasteiger partial charge on any atom is -0.322 e. The standard InChI is InChI=1S/C27H23N3OS/c1-18-13-15-20(16-14-18)23-17-32-27-28-19(2)24(26(31)29-22-11-7-4-8-12-22)25(30(23)27)21-9-5-3-6-10-21/h3-17,25H,1-2H3,(H,29,31)/t25-/m1/s1. The normalized spacial score (nSPS) is 17.6. The summed E-state index contributed by atoms with van der Waals surface area (Å²) in [6.07, 6.45) is 0. The Morgan fingerprint density at radius 2 is 1.56 bits per heavy atom. The SMILES string of the molecule is CC1=C(C(=O)Nc2ccccc2)[C@@H](c2ccccc2)N2C(c3ccc(C)cc3)=CSC2=N1. The van der Waals surface area contributed by atoms with Crippen LogP contribution in [0.15, 0.2) is 107 Å². The van der Waals surface area contributed by atoms with Gasteiger partial charge in [0.1, 0.15) is 0 Å². The van der Waals surface area contributed by atoms with Crippen LogP contribution in [0.3, 0.4) is 0 Å². The van der Waals surface area contributed by atoms with E-state index in [9.17, 15) is 4.79 Å². The predicted octanol–water partition coefficient (Wildman–Crippen LogP) is 6.37. The summed E-state index contributed by atoms with van der Waals surface area (Å²) in [7, 11) is 0. The molecule has 1 amide bonds. The average Bonchev–Trinajstić information content (AvgIpc) is 3.23. The van der Waals surface area contributed by atoms with Crippen LogP contribution in [0.2, 0.25) is 0 Å². The van der Waals surface area contributed by atoms with Crippen LogP contribution in [0.5, 0.6) is 0 Å². The van der Waals surface area contributed by atoms with Crippen molar-refractivity contribution in [3.8, 4) is 0 Å². The van der Waals surface area contributed by atoms with Crippen LogP contribution in [-0.2, 0) is 4.79 Å². The van der Waals surface area contributed by atoms with Gasteiger partial charge < -0.3 is 10.2 Å². The molecule has 1 atom stereocenters. The number of thioether (sulfide) groups is 1. The van der Waals surface area contributed by atoms with Gasteiger partial charge in [-0.25, -0.2) is 4.99 Å². The zero-order valence-corrected chi connectivity index (χ0v) is 18.8. The summed E-state index contributed by atoms with van der Waals surface area (Å²) in [6, 6.07) is 27.9. The maximum Gasteiger partial charge on any atom is 0.255 e. The van der Waals surface area contributed by atoms with Gasteiger partial charge in [0.05, 0.1) is 23.0 Å². The Hall–Kier alpha value is -3.57. The molecule has 0 saturated heterocycles. The maximum absolute atomic E-state index is 13.5. The number of benzene rings is 3. The lowest BCUT2D eigenvalue weighted by Gasteiger charge is -2.36. The number of para-hydroxylation sites is 1. The van der Waals surface area contributed by atoms with Crippen molar-refractivity contribution in [3.05, 3.63) is 118 Å². The molecule has 0 radical (unpaired) electrons. The second kappa shape index (κ2) is 8.52. The zero-order chi connectivity index (χ0) is 22.1. The summed E-state index contributed by atoms with van der Waals surface area (Å²) in [5.74, 6) is -0.134. The summed E-state index contributed by atoms with van der Waals surface area (Å²) < 4.78 is 0. The molecular weight excluding hydrogens is 414 g/mol. The van der Waals surface area contributed by atoms with E-state index in [1.165, 1.54) is 5.56 Å². The topological polar surface area (TPSA) is 44.7 Å². The first-order valence-corrected chi connectivity index (χ1v) is 11.4. The number of nitrogens with zero attached hydrogens (tertiary/aromatic N) is 2. The van der Waals surface area contributed by atoms with Crippen molar-refractivity contribution in [2.24, 2.45) is 4.99 Å². The van der Waals surface area contributed by atoms with Gasteiger partial charge in [-0.2, -0.15) is 0 Å². The minimum atomic E-state index is -0.269. The molecule has 0 spiro atoms. The van der Waals surface area contributed by atoms with Crippen molar-refractivity contribution in [2.75, 3.05) is 5.32 Å². The van der Waals surface area contributed by atoms with E-state index in [-0.39, 0.29) is 11.9 Å². The molecule has 32 heavy (non-hydrogen) atoms. The van der Waals surface area contributed by atoms with Gasteiger partial charge in [0.2, 0.25) is 0 Å². The van der Waals surface area contributed by atoms with Gasteiger partial charge in [-0.15, -0.1) is 0 Å². The maximum atomic E-state index is 13.5. The van der Waals surface area contributed by atoms with Crippen LogP contribution in [-0.4, -0.2) is 16.0 Å². The van der Waals surface area contributed by atoms with Crippen LogP contribution in [0.4, 0.5) is 5.69 Å². The lowest BCUT2D eigenvalue weighted by atomic mass is 9.92. The molecule has 5 heteroatoms. The number of hydrogen-bond donors (Lipinski definition) is 1. The van der Waals surface area contributed by atoms with Crippen LogP contribution in [0.1, 0.15) is 29.7 Å². The molecule has 1 N–H and O–H groups in total. The van der Waals surface area contributed by atoms with Gasteiger partial charge in [-0.1, -0.05) is 90.1 Å². The van der Waals surface area contributed by atoms with Crippen LogP contribution < -0.4 is 5.32 Å². The fourth-order valence-electron chi connectivity index (χ4n) is 4.08. The quantitative estimate of drug-likeness (QED) is 0.516. The number of carbonyl (C=O) groups is 1. The number of amides is 1. The van der Waals surface area contributed by atoms with Gasteiger partial charge in [0.25, 0.3) is 5.91 Å². The van der Waals surface area contributed by atoms with Gasteiger partial charge in [0, 0.05) is 11.1 Å². The number of carbonyl (C=O) groups excluding carboxylic acids is 1. The number of rotatable bonds is 4. The van der Waals surface area contributed by atoms with Gasteiger partial charge >= 0.3 is 0 Å². The third kappa shape index (κ3) is 3.76. The minimum absolute atomic E-state index is 0.134. The largest absolute Gasteiger partial charge is 0.322 e. The van der Waals surface area contributed by atoms with Gasteiger partial charge in [0.15, 0.2) is 5.17 Å². The Bertz CT molecular complexity index is 1250. The van der Waals surface area contributed by atoms with E-state index in [0.29, 0.717) is 5.57 Å². The molecule has 2 aliphatic rings. The lowest BCUT2D eigenvalue weighted by molar-refractivity contribution is -0.113. The average molecular weight is 438 g/mol. The first-order valence-electron chi connectivity index (χ1n) is 10.6. The van der Waals surface area contributed by atoms with E-state index in [1.54, 1.807) is 11.8 Å². The van der Waals surface area contributed by atoms with E-state index in [2.05, 4.69) is 58.9 Å². The molecule has 3 aromatic carbocycles. The highest BCUT2D eigenvalue weighted by molar-refractivity contribution is 8.16. The number of aryl methyl sites for hydroxylation is 1. The molecule has 2 aliphatic heterocycles. The molecule has 4 nitrogen and oxygen atoms in total. The van der Waals surface area contributed by atoms with E-state index in [1.807, 2.05) is 55.5 Å². The van der Waals surface area contributed by atoms with Gasteiger partial charge in [-0.3, -0.25) is 4.79 Å². The Labute approximate surface area is 192 Å². The number of amidine groups is 1. The number of hydrogen-bond acceptors (Lipinski definition) is 4. The highest BCUT2D eigenvalue weighted by Gasteiger charge is 2.40. The molecule has 0 unspecified atom stereocenters. The Morgan fingerprint density at radius 3 is 2.25 bits per heavy atom. The third-order valence-electron chi connectivity index (χ3n) is 5.67. The summed E-state index contributed by atoms with van der Waals surface area (Å²) in [4.78, 5) is 20.6. The molecular formula is C27H23N3OS. The Morgan fingerprint density at radius 1 is 0.906 bits per heavy atom. The lowest BCUT2D eigenvalue weighted by Crippen LogP contribution is -2.37. The molecule has 0 aromatic heterocycles. The van der Waals surface area contributed by atoms with E-state index >= 15 is 0 Å². The van der Waals surface area contributed by atoms with Crippen LogP contribution >= 0.6 is 11.8 Å². The zero-order valence-electron chi connectivity index (χ0n) is 17.9. The monoisotopic (exact) mass is 437 g/mol. The second-order valence-corrected chi connectivity index (χ2v) is 8.72. The number of anilines is 1. The van der Waals surface area contributed by atoms with Crippen molar-refractivity contribution in [2.45, 2.75) is 19.9 Å². The second-order valence-electron chi connectivity index (χ2n) is 7.88. The van der Waals surface area contributed by atoms with Crippen molar-refractivity contribution < 1.29 is 4.79 Å². The van der Waals surface area contributed by atoms with Crippen molar-refractivity contribution in [1.29, 1.82) is 0 Å². The third-order valence-corrected chi connectivity index (χ3v) is 6.51. The highest BCUT2D eigenvalue weighted by Crippen LogP contribution is 2.46. The first-order chi connectivity index (χ1) is 15.6. The molecule has 0 bridgehead atoms.